The standard InChI is InChI=1S/C17H22N2O4S2/c1-2-23-10-5-9-18-17(20)14-6-3-8-16(12-14)25(21,22)19-13-15-7-4-11-24-15/h3-4,6-8,11-12,19H,2,5,9-10,13H2,1H3,(H,18,20). The minimum absolute atomic E-state index is 0.0750. The third kappa shape index (κ3) is 6.24. The van der Waals surface area contributed by atoms with Crippen LogP contribution in [0.25, 0.3) is 0 Å². The number of ether oxygens (including phenoxy) is 1. The lowest BCUT2D eigenvalue weighted by Gasteiger charge is -2.09. The molecule has 0 saturated heterocycles. The molecular weight excluding hydrogens is 360 g/mol. The molecule has 2 rings (SSSR count). The van der Waals surface area contributed by atoms with Gasteiger partial charge in [0.2, 0.25) is 10.0 Å². The number of carbonyl (C=O) groups excluding carboxylic acids is 1. The maximum atomic E-state index is 12.4. The number of carbonyl (C=O) groups is 1. The van der Waals surface area contributed by atoms with Gasteiger partial charge in [-0.3, -0.25) is 4.79 Å². The summed E-state index contributed by atoms with van der Waals surface area (Å²) in [6, 6.07) is 9.74. The molecule has 0 spiro atoms. The molecule has 0 unspecified atom stereocenters. The first-order valence-corrected chi connectivity index (χ1v) is 10.4. The first-order chi connectivity index (χ1) is 12.0. The smallest absolute Gasteiger partial charge is 0.251 e. The number of amides is 1. The van der Waals surface area contributed by atoms with Gasteiger partial charge in [0.15, 0.2) is 0 Å². The molecule has 0 atom stereocenters. The summed E-state index contributed by atoms with van der Waals surface area (Å²) in [7, 11) is -3.67. The van der Waals surface area contributed by atoms with Gasteiger partial charge in [-0.2, -0.15) is 0 Å². The van der Waals surface area contributed by atoms with Gasteiger partial charge in [-0.15, -0.1) is 11.3 Å². The van der Waals surface area contributed by atoms with Crippen LogP contribution in [0.3, 0.4) is 0 Å². The molecule has 0 aliphatic heterocycles. The first-order valence-electron chi connectivity index (χ1n) is 8.01. The van der Waals surface area contributed by atoms with Crippen LogP contribution in [0, 0.1) is 0 Å². The van der Waals surface area contributed by atoms with Crippen LogP contribution in [0.5, 0.6) is 0 Å². The Kier molecular flexibility index (Phi) is 7.57. The molecule has 0 aliphatic rings. The molecular formula is C17H22N2O4S2. The summed E-state index contributed by atoms with van der Waals surface area (Å²) in [6.07, 6.45) is 0.708. The molecule has 6 nitrogen and oxygen atoms in total. The average Bonchev–Trinajstić information content (AvgIpc) is 3.13. The van der Waals surface area contributed by atoms with E-state index in [2.05, 4.69) is 10.0 Å². The third-order valence-corrected chi connectivity index (χ3v) is 5.65. The molecule has 25 heavy (non-hydrogen) atoms. The zero-order valence-electron chi connectivity index (χ0n) is 14.0. The number of hydrogen-bond acceptors (Lipinski definition) is 5. The van der Waals surface area contributed by atoms with Gasteiger partial charge < -0.3 is 10.1 Å². The second-order valence-corrected chi connectivity index (χ2v) is 8.04. The van der Waals surface area contributed by atoms with Gasteiger partial charge in [-0.1, -0.05) is 12.1 Å². The van der Waals surface area contributed by atoms with Crippen molar-refractivity contribution in [3.63, 3.8) is 0 Å². The highest BCUT2D eigenvalue weighted by Gasteiger charge is 2.16. The van der Waals surface area contributed by atoms with E-state index in [0.717, 1.165) is 4.88 Å². The second kappa shape index (κ2) is 9.67. The predicted octanol–water partition coefficient (Wildman–Crippen LogP) is 2.38. The van der Waals surface area contributed by atoms with Crippen LogP contribution in [-0.2, 0) is 21.3 Å². The van der Waals surface area contributed by atoms with Crippen molar-refractivity contribution >= 4 is 27.3 Å². The maximum Gasteiger partial charge on any atom is 0.251 e. The molecule has 1 amide bonds. The van der Waals surface area contributed by atoms with Crippen LogP contribution in [0.1, 0.15) is 28.6 Å². The third-order valence-electron chi connectivity index (χ3n) is 3.38. The van der Waals surface area contributed by atoms with E-state index in [1.165, 1.54) is 23.5 Å². The summed E-state index contributed by atoms with van der Waals surface area (Å²) < 4.78 is 32.5. The molecule has 1 heterocycles. The van der Waals surface area contributed by atoms with Crippen LogP contribution >= 0.6 is 11.3 Å². The van der Waals surface area contributed by atoms with Gasteiger partial charge >= 0.3 is 0 Å². The summed E-state index contributed by atoms with van der Waals surface area (Å²) in [5.41, 5.74) is 0.315. The quantitative estimate of drug-likeness (QED) is 0.618. The zero-order chi connectivity index (χ0) is 18.1. The van der Waals surface area contributed by atoms with Crippen LogP contribution in [0.4, 0.5) is 0 Å². The van der Waals surface area contributed by atoms with Crippen molar-refractivity contribution in [2.24, 2.45) is 0 Å². The van der Waals surface area contributed by atoms with Gasteiger partial charge in [-0.05, 0) is 43.0 Å². The van der Waals surface area contributed by atoms with E-state index in [9.17, 15) is 13.2 Å². The Bertz CT molecular complexity index is 774. The molecule has 0 bridgehead atoms. The van der Waals surface area contributed by atoms with E-state index < -0.39 is 10.0 Å². The Labute approximate surface area is 152 Å². The van der Waals surface area contributed by atoms with E-state index in [1.54, 1.807) is 12.1 Å². The molecule has 8 heteroatoms. The summed E-state index contributed by atoms with van der Waals surface area (Å²) >= 11 is 1.48. The van der Waals surface area contributed by atoms with Crippen LogP contribution in [0.2, 0.25) is 0 Å². The van der Waals surface area contributed by atoms with Gasteiger partial charge in [0.1, 0.15) is 0 Å². The Morgan fingerprint density at radius 1 is 1.24 bits per heavy atom. The molecule has 0 aliphatic carbocycles. The number of rotatable bonds is 10. The molecule has 1 aromatic carbocycles. The molecule has 1 aromatic heterocycles. The van der Waals surface area contributed by atoms with E-state index in [0.29, 0.717) is 31.7 Å². The predicted molar refractivity (Wildman–Crippen MR) is 98.2 cm³/mol. The molecule has 0 saturated carbocycles. The minimum atomic E-state index is -3.67. The number of benzene rings is 1. The van der Waals surface area contributed by atoms with E-state index in [-0.39, 0.29) is 17.3 Å². The minimum Gasteiger partial charge on any atom is -0.382 e. The number of hydrogen-bond donors (Lipinski definition) is 2. The summed E-state index contributed by atoms with van der Waals surface area (Å²) in [5, 5.41) is 4.65. The van der Waals surface area contributed by atoms with Crippen LogP contribution in [-0.4, -0.2) is 34.1 Å². The first kappa shape index (κ1) is 19.6. The Morgan fingerprint density at radius 2 is 2.08 bits per heavy atom. The van der Waals surface area contributed by atoms with Crippen molar-refractivity contribution in [2.45, 2.75) is 24.8 Å². The lowest BCUT2D eigenvalue weighted by Crippen LogP contribution is -2.26. The van der Waals surface area contributed by atoms with Gasteiger partial charge in [0, 0.05) is 36.7 Å². The second-order valence-electron chi connectivity index (χ2n) is 5.24. The summed E-state index contributed by atoms with van der Waals surface area (Å²) in [4.78, 5) is 13.1. The van der Waals surface area contributed by atoms with Gasteiger partial charge in [-0.25, -0.2) is 13.1 Å². The molecule has 0 radical (unpaired) electrons. The van der Waals surface area contributed by atoms with E-state index in [1.807, 2.05) is 24.4 Å². The highest BCUT2D eigenvalue weighted by Crippen LogP contribution is 2.14. The molecule has 0 fully saturated rings. The Morgan fingerprint density at radius 3 is 2.80 bits per heavy atom. The highest BCUT2D eigenvalue weighted by atomic mass is 32.2. The van der Waals surface area contributed by atoms with Crippen molar-refractivity contribution in [1.82, 2.24) is 10.0 Å². The SMILES string of the molecule is CCOCCCNC(=O)c1cccc(S(=O)(=O)NCc2cccs2)c1. The normalized spacial score (nSPS) is 11.4. The van der Waals surface area contributed by atoms with Crippen molar-refractivity contribution in [3.05, 3.63) is 52.2 Å². The maximum absolute atomic E-state index is 12.4. The van der Waals surface area contributed by atoms with E-state index in [4.69, 9.17) is 4.74 Å². The van der Waals surface area contributed by atoms with Crippen LogP contribution < -0.4 is 10.0 Å². The largest absolute Gasteiger partial charge is 0.382 e. The van der Waals surface area contributed by atoms with Crippen LogP contribution in [0.15, 0.2) is 46.7 Å². The molecule has 2 aromatic rings. The fourth-order valence-electron chi connectivity index (χ4n) is 2.09. The highest BCUT2D eigenvalue weighted by molar-refractivity contribution is 7.89. The molecule has 136 valence electrons. The Hall–Kier alpha value is -1.74. The van der Waals surface area contributed by atoms with E-state index >= 15 is 0 Å². The zero-order valence-corrected chi connectivity index (χ0v) is 15.7. The summed E-state index contributed by atoms with van der Waals surface area (Å²) in [5.74, 6) is -0.299. The van der Waals surface area contributed by atoms with Crippen molar-refractivity contribution in [2.75, 3.05) is 19.8 Å². The number of thiophene rings is 1. The lowest BCUT2D eigenvalue weighted by atomic mass is 10.2. The monoisotopic (exact) mass is 382 g/mol. The van der Waals surface area contributed by atoms with Gasteiger partial charge in [0.25, 0.3) is 5.91 Å². The fourth-order valence-corrected chi connectivity index (χ4v) is 3.88. The molecule has 2 N–H and O–H groups in total. The lowest BCUT2D eigenvalue weighted by molar-refractivity contribution is 0.0944. The topological polar surface area (TPSA) is 84.5 Å². The average molecular weight is 383 g/mol. The fraction of sp³-hybridized carbons (Fsp3) is 0.353. The Balaban J connectivity index is 1.95. The van der Waals surface area contributed by atoms with Crippen molar-refractivity contribution in [3.8, 4) is 0 Å². The summed E-state index contributed by atoms with van der Waals surface area (Å²) in [6.45, 7) is 3.85. The van der Waals surface area contributed by atoms with Gasteiger partial charge in [0.05, 0.1) is 4.90 Å². The van der Waals surface area contributed by atoms with Crippen molar-refractivity contribution < 1.29 is 17.9 Å². The number of sulfonamides is 1. The van der Waals surface area contributed by atoms with Crippen molar-refractivity contribution in [1.29, 1.82) is 0 Å². The number of nitrogens with one attached hydrogen (secondary N) is 2.